The second-order valence-electron chi connectivity index (χ2n) is 5.71. The van der Waals surface area contributed by atoms with Crippen LogP contribution in [-0.2, 0) is 11.3 Å². The minimum atomic E-state index is -0.778. The Hall–Kier alpha value is -3.07. The molecule has 1 aliphatic heterocycles. The van der Waals surface area contributed by atoms with Crippen LogP contribution in [0.25, 0.3) is 10.2 Å². The summed E-state index contributed by atoms with van der Waals surface area (Å²) in [6.45, 7) is 0.294. The molecule has 8 nitrogen and oxygen atoms in total. The highest BCUT2D eigenvalue weighted by atomic mass is 32.1. The van der Waals surface area contributed by atoms with Crippen molar-refractivity contribution in [2.45, 2.75) is 12.6 Å². The SMILES string of the molecule is O=C(NCCn1c(=O)[nH]c2ccsc2c1=O)C1COc2ccccc2O1. The van der Waals surface area contributed by atoms with E-state index in [0.29, 0.717) is 21.7 Å². The number of aromatic amines is 1. The minimum Gasteiger partial charge on any atom is -0.485 e. The van der Waals surface area contributed by atoms with Gasteiger partial charge in [0.05, 0.1) is 5.52 Å². The second kappa shape index (κ2) is 6.68. The first-order valence-electron chi connectivity index (χ1n) is 8.00. The lowest BCUT2D eigenvalue weighted by Gasteiger charge is -2.25. The Bertz CT molecular complexity index is 1080. The number of carbonyl (C=O) groups is 1. The van der Waals surface area contributed by atoms with Gasteiger partial charge in [0.1, 0.15) is 11.3 Å². The highest BCUT2D eigenvalue weighted by Gasteiger charge is 2.26. The average Bonchev–Trinajstić information content (AvgIpc) is 3.12. The summed E-state index contributed by atoms with van der Waals surface area (Å²) in [7, 11) is 0. The van der Waals surface area contributed by atoms with Crippen molar-refractivity contribution in [2.24, 2.45) is 0 Å². The number of hydrogen-bond donors (Lipinski definition) is 2. The van der Waals surface area contributed by atoms with Gasteiger partial charge in [-0.15, -0.1) is 11.3 Å². The van der Waals surface area contributed by atoms with Gasteiger partial charge in [-0.1, -0.05) is 12.1 Å². The summed E-state index contributed by atoms with van der Waals surface area (Å²) in [4.78, 5) is 39.2. The van der Waals surface area contributed by atoms with Crippen LogP contribution in [0.5, 0.6) is 11.5 Å². The summed E-state index contributed by atoms with van der Waals surface area (Å²) < 4.78 is 12.7. The monoisotopic (exact) mass is 373 g/mol. The van der Waals surface area contributed by atoms with Crippen LogP contribution in [0.2, 0.25) is 0 Å². The van der Waals surface area contributed by atoms with Crippen LogP contribution in [-0.4, -0.2) is 34.7 Å². The van der Waals surface area contributed by atoms with Crippen molar-refractivity contribution in [3.05, 3.63) is 56.5 Å². The maximum Gasteiger partial charge on any atom is 0.328 e. The predicted molar refractivity (Wildman–Crippen MR) is 96.1 cm³/mol. The molecule has 9 heteroatoms. The van der Waals surface area contributed by atoms with E-state index in [1.165, 1.54) is 11.3 Å². The van der Waals surface area contributed by atoms with Gasteiger partial charge in [0.2, 0.25) is 6.10 Å². The molecule has 1 amide bonds. The highest BCUT2D eigenvalue weighted by molar-refractivity contribution is 7.17. The fourth-order valence-electron chi connectivity index (χ4n) is 2.73. The van der Waals surface area contributed by atoms with Crippen LogP contribution in [0.3, 0.4) is 0 Å². The summed E-state index contributed by atoms with van der Waals surface area (Å²) in [6, 6.07) is 8.80. The van der Waals surface area contributed by atoms with Gasteiger partial charge >= 0.3 is 5.69 Å². The Morgan fingerprint density at radius 2 is 2.08 bits per heavy atom. The third kappa shape index (κ3) is 2.97. The summed E-state index contributed by atoms with van der Waals surface area (Å²) in [6.07, 6.45) is -0.778. The molecule has 0 saturated carbocycles. The fourth-order valence-corrected chi connectivity index (χ4v) is 3.52. The standard InChI is InChI=1S/C17H15N3O5S/c21-15(13-9-24-11-3-1-2-4-12(11)25-13)18-6-7-20-16(22)14-10(5-8-26-14)19-17(20)23/h1-5,8,13H,6-7,9H2,(H,18,21)(H,19,23). The molecule has 0 bridgehead atoms. The lowest BCUT2D eigenvalue weighted by molar-refractivity contribution is -0.130. The molecule has 3 heterocycles. The van der Waals surface area contributed by atoms with Crippen molar-refractivity contribution in [3.8, 4) is 11.5 Å². The molecule has 2 aromatic heterocycles. The zero-order valence-electron chi connectivity index (χ0n) is 13.6. The third-order valence-electron chi connectivity index (χ3n) is 4.03. The van der Waals surface area contributed by atoms with Crippen molar-refractivity contribution < 1.29 is 14.3 Å². The number of para-hydroxylation sites is 2. The van der Waals surface area contributed by atoms with Gasteiger partial charge in [0.15, 0.2) is 11.5 Å². The summed E-state index contributed by atoms with van der Waals surface area (Å²) in [5, 5.41) is 4.42. The Kier molecular flexibility index (Phi) is 4.21. The van der Waals surface area contributed by atoms with Crippen LogP contribution >= 0.6 is 11.3 Å². The molecule has 3 aromatic rings. The summed E-state index contributed by atoms with van der Waals surface area (Å²) >= 11 is 1.27. The summed E-state index contributed by atoms with van der Waals surface area (Å²) in [5.74, 6) is 0.745. The van der Waals surface area contributed by atoms with Crippen molar-refractivity contribution in [1.82, 2.24) is 14.9 Å². The van der Waals surface area contributed by atoms with Gasteiger partial charge in [-0.25, -0.2) is 4.79 Å². The van der Waals surface area contributed by atoms with E-state index in [4.69, 9.17) is 9.47 Å². The smallest absolute Gasteiger partial charge is 0.328 e. The molecule has 134 valence electrons. The van der Waals surface area contributed by atoms with E-state index in [-0.39, 0.29) is 31.2 Å². The molecular formula is C17H15N3O5S. The number of ether oxygens (including phenoxy) is 2. The largest absolute Gasteiger partial charge is 0.485 e. The van der Waals surface area contributed by atoms with E-state index in [1.54, 1.807) is 29.6 Å². The Balaban J connectivity index is 1.40. The highest BCUT2D eigenvalue weighted by Crippen LogP contribution is 2.30. The lowest BCUT2D eigenvalue weighted by atomic mass is 10.2. The van der Waals surface area contributed by atoms with E-state index >= 15 is 0 Å². The van der Waals surface area contributed by atoms with Crippen LogP contribution in [0.1, 0.15) is 0 Å². The average molecular weight is 373 g/mol. The number of nitrogens with one attached hydrogen (secondary N) is 2. The van der Waals surface area contributed by atoms with Crippen LogP contribution in [0.4, 0.5) is 0 Å². The van der Waals surface area contributed by atoms with E-state index in [2.05, 4.69) is 10.3 Å². The van der Waals surface area contributed by atoms with E-state index in [0.717, 1.165) is 4.57 Å². The number of benzene rings is 1. The molecule has 1 unspecified atom stereocenters. The number of nitrogens with zero attached hydrogens (tertiary/aromatic N) is 1. The maximum atomic E-state index is 12.3. The van der Waals surface area contributed by atoms with E-state index in [1.807, 2.05) is 6.07 Å². The summed E-state index contributed by atoms with van der Waals surface area (Å²) in [5.41, 5.74) is -0.336. The molecule has 1 atom stereocenters. The van der Waals surface area contributed by atoms with Crippen LogP contribution in [0, 0.1) is 0 Å². The predicted octanol–water partition coefficient (Wildman–Crippen LogP) is 0.707. The maximum absolute atomic E-state index is 12.3. The Labute approximate surface area is 151 Å². The first-order valence-corrected chi connectivity index (χ1v) is 8.88. The topological polar surface area (TPSA) is 102 Å². The normalized spacial score (nSPS) is 15.8. The first-order chi connectivity index (χ1) is 12.6. The van der Waals surface area contributed by atoms with Crippen molar-refractivity contribution in [3.63, 3.8) is 0 Å². The lowest BCUT2D eigenvalue weighted by Crippen LogP contribution is -2.46. The molecule has 1 aliphatic rings. The zero-order valence-corrected chi connectivity index (χ0v) is 14.4. The Morgan fingerprint density at radius 1 is 1.27 bits per heavy atom. The van der Waals surface area contributed by atoms with E-state index in [9.17, 15) is 14.4 Å². The van der Waals surface area contributed by atoms with Gasteiger partial charge in [-0.3, -0.25) is 14.2 Å². The number of thiophene rings is 1. The number of rotatable bonds is 4. The molecule has 26 heavy (non-hydrogen) atoms. The number of hydrogen-bond acceptors (Lipinski definition) is 6. The number of amides is 1. The molecule has 0 spiro atoms. The number of aromatic nitrogens is 2. The zero-order chi connectivity index (χ0) is 18.1. The third-order valence-corrected chi connectivity index (χ3v) is 4.93. The van der Waals surface area contributed by atoms with Crippen molar-refractivity contribution in [2.75, 3.05) is 13.2 Å². The molecule has 0 radical (unpaired) electrons. The molecule has 0 saturated heterocycles. The second-order valence-corrected chi connectivity index (χ2v) is 6.62. The molecule has 4 rings (SSSR count). The van der Waals surface area contributed by atoms with Crippen LogP contribution in [0.15, 0.2) is 45.3 Å². The van der Waals surface area contributed by atoms with Gasteiger partial charge in [-0.05, 0) is 23.6 Å². The van der Waals surface area contributed by atoms with Gasteiger partial charge < -0.3 is 19.8 Å². The molecule has 2 N–H and O–H groups in total. The minimum absolute atomic E-state index is 0.0674. The molecule has 1 aromatic carbocycles. The van der Waals surface area contributed by atoms with Crippen molar-refractivity contribution >= 4 is 27.5 Å². The first kappa shape index (κ1) is 16.4. The number of H-pyrrole nitrogens is 1. The van der Waals surface area contributed by atoms with Crippen molar-refractivity contribution in [1.29, 1.82) is 0 Å². The quantitative estimate of drug-likeness (QED) is 0.701. The molecule has 0 fully saturated rings. The fraction of sp³-hybridized carbons (Fsp3) is 0.235. The van der Waals surface area contributed by atoms with Gasteiger partial charge in [0, 0.05) is 13.1 Å². The van der Waals surface area contributed by atoms with Crippen LogP contribution < -0.4 is 26.0 Å². The molecule has 0 aliphatic carbocycles. The van der Waals surface area contributed by atoms with Gasteiger partial charge in [0.25, 0.3) is 11.5 Å². The number of fused-ring (bicyclic) bond motifs is 2. The van der Waals surface area contributed by atoms with E-state index < -0.39 is 11.8 Å². The Morgan fingerprint density at radius 3 is 2.92 bits per heavy atom. The van der Waals surface area contributed by atoms with Gasteiger partial charge in [-0.2, -0.15) is 0 Å². The number of carbonyl (C=O) groups excluding carboxylic acids is 1. The molecular weight excluding hydrogens is 358 g/mol.